The number of carbonyl (C=O) groups is 1. The standard InChI is InChI=1S/C20H32N4O3/c1-20(2,3)27-19(25)22-15-7-9-16(10-8-15)26-17-11-12-21-18(23-17)24-13-5-4-6-14-24/h11-12,15-16H,4-10,13-14H2,1-3H3,(H,22,25). The zero-order valence-corrected chi connectivity index (χ0v) is 16.7. The second kappa shape index (κ2) is 8.76. The first-order valence-electron chi connectivity index (χ1n) is 10.1. The Balaban J connectivity index is 1.46. The third-order valence-corrected chi connectivity index (χ3v) is 4.94. The molecule has 7 nitrogen and oxygen atoms in total. The molecular formula is C20H32N4O3. The minimum atomic E-state index is -0.469. The van der Waals surface area contributed by atoms with Gasteiger partial charge in [-0.1, -0.05) is 0 Å². The number of hydrogen-bond donors (Lipinski definition) is 1. The molecule has 1 aromatic rings. The maximum Gasteiger partial charge on any atom is 0.407 e. The molecule has 1 aliphatic heterocycles. The lowest BCUT2D eigenvalue weighted by Gasteiger charge is -2.30. The van der Waals surface area contributed by atoms with E-state index >= 15 is 0 Å². The summed E-state index contributed by atoms with van der Waals surface area (Å²) >= 11 is 0. The average molecular weight is 377 g/mol. The van der Waals surface area contributed by atoms with Gasteiger partial charge >= 0.3 is 6.09 Å². The fourth-order valence-corrected chi connectivity index (χ4v) is 3.61. The summed E-state index contributed by atoms with van der Waals surface area (Å²) in [6, 6.07) is 1.98. The number of rotatable bonds is 4. The molecule has 0 radical (unpaired) electrons. The Morgan fingerprint density at radius 3 is 2.52 bits per heavy atom. The molecule has 1 saturated heterocycles. The van der Waals surface area contributed by atoms with Crippen LogP contribution >= 0.6 is 0 Å². The number of aromatic nitrogens is 2. The number of amides is 1. The number of anilines is 1. The Hall–Kier alpha value is -2.05. The third kappa shape index (κ3) is 6.26. The second-order valence-electron chi connectivity index (χ2n) is 8.48. The first-order chi connectivity index (χ1) is 12.9. The van der Waals surface area contributed by atoms with Crippen molar-refractivity contribution in [3.8, 4) is 5.88 Å². The highest BCUT2D eigenvalue weighted by molar-refractivity contribution is 5.68. The fourth-order valence-electron chi connectivity index (χ4n) is 3.61. The van der Waals surface area contributed by atoms with Crippen LogP contribution in [0.5, 0.6) is 5.88 Å². The molecule has 0 unspecified atom stereocenters. The van der Waals surface area contributed by atoms with Crippen LogP contribution in [0.1, 0.15) is 65.7 Å². The van der Waals surface area contributed by atoms with E-state index in [1.165, 1.54) is 19.3 Å². The largest absolute Gasteiger partial charge is 0.474 e. The predicted octanol–water partition coefficient (Wildman–Crippen LogP) is 3.68. The number of nitrogens with one attached hydrogen (secondary N) is 1. The molecule has 1 saturated carbocycles. The molecule has 2 heterocycles. The smallest absolute Gasteiger partial charge is 0.407 e. The van der Waals surface area contributed by atoms with Crippen LogP contribution in [-0.2, 0) is 4.74 Å². The van der Waals surface area contributed by atoms with E-state index in [2.05, 4.69) is 20.2 Å². The molecule has 0 atom stereocenters. The number of nitrogens with zero attached hydrogens (tertiary/aromatic N) is 3. The fraction of sp³-hybridized carbons (Fsp3) is 0.750. The van der Waals surface area contributed by atoms with Gasteiger partial charge in [0, 0.05) is 31.4 Å². The van der Waals surface area contributed by atoms with Crippen molar-refractivity contribution in [1.82, 2.24) is 15.3 Å². The van der Waals surface area contributed by atoms with Gasteiger partial charge in [-0.3, -0.25) is 0 Å². The van der Waals surface area contributed by atoms with E-state index in [0.29, 0.717) is 5.88 Å². The highest BCUT2D eigenvalue weighted by Gasteiger charge is 2.26. The Labute approximate surface area is 161 Å². The summed E-state index contributed by atoms with van der Waals surface area (Å²) in [5.74, 6) is 1.42. The normalized spacial score (nSPS) is 23.6. The topological polar surface area (TPSA) is 76.6 Å². The Bertz CT molecular complexity index is 618. The zero-order valence-electron chi connectivity index (χ0n) is 16.7. The number of alkyl carbamates (subject to hydrolysis) is 1. The molecule has 150 valence electrons. The molecule has 7 heteroatoms. The monoisotopic (exact) mass is 376 g/mol. The Morgan fingerprint density at radius 1 is 1.15 bits per heavy atom. The lowest BCUT2D eigenvalue weighted by Crippen LogP contribution is -2.42. The molecule has 3 rings (SSSR count). The number of piperidine rings is 1. The van der Waals surface area contributed by atoms with E-state index < -0.39 is 5.60 Å². The molecular weight excluding hydrogens is 344 g/mol. The van der Waals surface area contributed by atoms with Crippen LogP contribution in [0.4, 0.5) is 10.7 Å². The Kier molecular flexibility index (Phi) is 6.39. The predicted molar refractivity (Wildman–Crippen MR) is 104 cm³/mol. The number of hydrogen-bond acceptors (Lipinski definition) is 6. The highest BCUT2D eigenvalue weighted by atomic mass is 16.6. The van der Waals surface area contributed by atoms with Crippen LogP contribution in [0, 0.1) is 0 Å². The molecule has 0 bridgehead atoms. The van der Waals surface area contributed by atoms with Crippen LogP contribution in [-0.4, -0.2) is 46.9 Å². The zero-order chi connectivity index (χ0) is 19.3. The van der Waals surface area contributed by atoms with Crippen molar-refractivity contribution in [3.63, 3.8) is 0 Å². The van der Waals surface area contributed by atoms with Crippen molar-refractivity contribution in [2.45, 2.75) is 83.5 Å². The third-order valence-electron chi connectivity index (χ3n) is 4.94. The quantitative estimate of drug-likeness (QED) is 0.864. The van der Waals surface area contributed by atoms with Gasteiger partial charge in [-0.2, -0.15) is 4.98 Å². The lowest BCUT2D eigenvalue weighted by atomic mass is 9.93. The van der Waals surface area contributed by atoms with Crippen LogP contribution in [0.2, 0.25) is 0 Å². The molecule has 2 fully saturated rings. The maximum absolute atomic E-state index is 11.9. The second-order valence-corrected chi connectivity index (χ2v) is 8.48. The van der Waals surface area contributed by atoms with Gasteiger partial charge in [-0.25, -0.2) is 9.78 Å². The molecule has 27 heavy (non-hydrogen) atoms. The molecule has 0 spiro atoms. The van der Waals surface area contributed by atoms with E-state index in [1.54, 1.807) is 6.20 Å². The van der Waals surface area contributed by atoms with Crippen LogP contribution in [0.25, 0.3) is 0 Å². The molecule has 1 amide bonds. The van der Waals surface area contributed by atoms with E-state index in [-0.39, 0.29) is 18.2 Å². The van der Waals surface area contributed by atoms with Crippen LogP contribution in [0.15, 0.2) is 12.3 Å². The first kappa shape index (κ1) is 19.7. The van der Waals surface area contributed by atoms with Gasteiger partial charge < -0.3 is 19.7 Å². The highest BCUT2D eigenvalue weighted by Crippen LogP contribution is 2.24. The molecule has 1 N–H and O–H groups in total. The minimum absolute atomic E-state index is 0.130. The molecule has 2 aliphatic rings. The van der Waals surface area contributed by atoms with Crippen molar-refractivity contribution in [3.05, 3.63) is 12.3 Å². The van der Waals surface area contributed by atoms with Gasteiger partial charge in [0.05, 0.1) is 0 Å². The van der Waals surface area contributed by atoms with E-state index in [0.717, 1.165) is 44.7 Å². The summed E-state index contributed by atoms with van der Waals surface area (Å²) in [7, 11) is 0. The van der Waals surface area contributed by atoms with E-state index in [1.807, 2.05) is 26.8 Å². The van der Waals surface area contributed by atoms with Crippen molar-refractivity contribution in [2.75, 3.05) is 18.0 Å². The average Bonchev–Trinajstić information content (AvgIpc) is 2.63. The molecule has 1 aliphatic carbocycles. The van der Waals surface area contributed by atoms with Gasteiger partial charge in [0.1, 0.15) is 11.7 Å². The maximum atomic E-state index is 11.9. The first-order valence-corrected chi connectivity index (χ1v) is 10.1. The van der Waals surface area contributed by atoms with Crippen LogP contribution < -0.4 is 15.0 Å². The summed E-state index contributed by atoms with van der Waals surface area (Å²) in [5, 5.41) is 2.96. The summed E-state index contributed by atoms with van der Waals surface area (Å²) in [6.45, 7) is 7.65. The van der Waals surface area contributed by atoms with Gasteiger partial charge in [0.15, 0.2) is 0 Å². The van der Waals surface area contributed by atoms with Crippen molar-refractivity contribution >= 4 is 12.0 Å². The molecule has 0 aromatic carbocycles. The van der Waals surface area contributed by atoms with Gasteiger partial charge in [-0.15, -0.1) is 0 Å². The number of carbonyl (C=O) groups excluding carboxylic acids is 1. The van der Waals surface area contributed by atoms with Crippen LogP contribution in [0.3, 0.4) is 0 Å². The summed E-state index contributed by atoms with van der Waals surface area (Å²) in [5.41, 5.74) is -0.469. The van der Waals surface area contributed by atoms with E-state index in [4.69, 9.17) is 9.47 Å². The number of ether oxygens (including phenoxy) is 2. The SMILES string of the molecule is CC(C)(C)OC(=O)NC1CCC(Oc2ccnc(N3CCCCC3)n2)CC1. The summed E-state index contributed by atoms with van der Waals surface area (Å²) in [6.07, 6.45) is 8.80. The van der Waals surface area contributed by atoms with Crippen molar-refractivity contribution in [2.24, 2.45) is 0 Å². The van der Waals surface area contributed by atoms with Crippen molar-refractivity contribution in [1.29, 1.82) is 0 Å². The van der Waals surface area contributed by atoms with Gasteiger partial charge in [-0.05, 0) is 65.7 Å². The van der Waals surface area contributed by atoms with Gasteiger partial charge in [0.25, 0.3) is 0 Å². The summed E-state index contributed by atoms with van der Waals surface area (Å²) < 4.78 is 11.4. The van der Waals surface area contributed by atoms with E-state index in [9.17, 15) is 4.79 Å². The summed E-state index contributed by atoms with van der Waals surface area (Å²) in [4.78, 5) is 23.1. The van der Waals surface area contributed by atoms with Crippen molar-refractivity contribution < 1.29 is 14.3 Å². The lowest BCUT2D eigenvalue weighted by molar-refractivity contribution is 0.0469. The van der Waals surface area contributed by atoms with Gasteiger partial charge in [0.2, 0.25) is 11.8 Å². The Morgan fingerprint density at radius 2 is 1.85 bits per heavy atom. The molecule has 1 aromatic heterocycles. The minimum Gasteiger partial charge on any atom is -0.474 e.